The first kappa shape index (κ1) is 20.4. The van der Waals surface area contributed by atoms with Gasteiger partial charge in [0.05, 0.1) is 0 Å². The summed E-state index contributed by atoms with van der Waals surface area (Å²) in [5.74, 6) is 0.889. The van der Waals surface area contributed by atoms with Gasteiger partial charge in [-0.1, -0.05) is 56.3 Å². The van der Waals surface area contributed by atoms with E-state index in [-0.39, 0.29) is 18.6 Å². The van der Waals surface area contributed by atoms with Crippen molar-refractivity contribution in [1.82, 2.24) is 10.2 Å². The summed E-state index contributed by atoms with van der Waals surface area (Å²) in [5, 5.41) is 3.65. The summed E-state index contributed by atoms with van der Waals surface area (Å²) >= 11 is 0. The SMILES string of the molecule is CCc1ccc(CNC(CC)c2ccccc2OCC(=O)N2CCCC2)cc1. The van der Waals surface area contributed by atoms with Crippen molar-refractivity contribution in [2.45, 2.75) is 52.1 Å². The van der Waals surface area contributed by atoms with E-state index < -0.39 is 0 Å². The Morgan fingerprint density at radius 2 is 1.71 bits per heavy atom. The maximum atomic E-state index is 12.3. The average Bonchev–Trinajstić information content (AvgIpc) is 3.28. The summed E-state index contributed by atoms with van der Waals surface area (Å²) in [7, 11) is 0. The normalized spacial score (nSPS) is 14.9. The molecular formula is C24H32N2O2. The minimum absolute atomic E-state index is 0.0873. The molecule has 0 saturated carbocycles. The lowest BCUT2D eigenvalue weighted by atomic mass is 10.0. The van der Waals surface area contributed by atoms with E-state index in [0.29, 0.717) is 0 Å². The molecule has 0 spiro atoms. The second-order valence-corrected chi connectivity index (χ2v) is 7.43. The Kier molecular flexibility index (Phi) is 7.49. The van der Waals surface area contributed by atoms with Crippen molar-refractivity contribution in [3.63, 3.8) is 0 Å². The molecule has 1 heterocycles. The van der Waals surface area contributed by atoms with Gasteiger partial charge in [-0.05, 0) is 42.9 Å². The Bertz CT molecular complexity index is 751. The van der Waals surface area contributed by atoms with Crippen LogP contribution in [0.1, 0.15) is 55.8 Å². The summed E-state index contributed by atoms with van der Waals surface area (Å²) in [6, 6.07) is 17.0. The summed E-state index contributed by atoms with van der Waals surface area (Å²) in [5.41, 5.74) is 3.75. The highest BCUT2D eigenvalue weighted by Gasteiger charge is 2.20. The lowest BCUT2D eigenvalue weighted by Gasteiger charge is -2.22. The van der Waals surface area contributed by atoms with Crippen molar-refractivity contribution >= 4 is 5.91 Å². The van der Waals surface area contributed by atoms with Crippen molar-refractivity contribution in [2.75, 3.05) is 19.7 Å². The molecule has 1 amide bonds. The van der Waals surface area contributed by atoms with E-state index in [1.807, 2.05) is 23.1 Å². The minimum atomic E-state index is 0.0873. The first-order valence-corrected chi connectivity index (χ1v) is 10.5. The molecule has 1 unspecified atom stereocenters. The van der Waals surface area contributed by atoms with Crippen LogP contribution in [0.4, 0.5) is 0 Å². The number of carbonyl (C=O) groups is 1. The number of likely N-dealkylation sites (tertiary alicyclic amines) is 1. The summed E-state index contributed by atoms with van der Waals surface area (Å²) in [6.07, 6.45) is 4.21. The van der Waals surface area contributed by atoms with Crippen LogP contribution >= 0.6 is 0 Å². The lowest BCUT2D eigenvalue weighted by Crippen LogP contribution is -2.32. The summed E-state index contributed by atoms with van der Waals surface area (Å²) in [6.45, 7) is 6.99. The van der Waals surface area contributed by atoms with Gasteiger partial charge < -0.3 is 15.0 Å². The Hall–Kier alpha value is -2.33. The van der Waals surface area contributed by atoms with Crippen molar-refractivity contribution < 1.29 is 9.53 Å². The van der Waals surface area contributed by atoms with Crippen LogP contribution in [0.15, 0.2) is 48.5 Å². The lowest BCUT2D eigenvalue weighted by molar-refractivity contribution is -0.132. The predicted molar refractivity (Wildman–Crippen MR) is 113 cm³/mol. The van der Waals surface area contributed by atoms with Crippen LogP contribution in [0.3, 0.4) is 0 Å². The van der Waals surface area contributed by atoms with Crippen LogP contribution in [0.2, 0.25) is 0 Å². The molecule has 4 heteroatoms. The highest BCUT2D eigenvalue weighted by atomic mass is 16.5. The van der Waals surface area contributed by atoms with Gasteiger partial charge in [-0.25, -0.2) is 0 Å². The van der Waals surface area contributed by atoms with Gasteiger partial charge in [0, 0.05) is 31.2 Å². The molecule has 4 nitrogen and oxygen atoms in total. The van der Waals surface area contributed by atoms with E-state index in [2.05, 4.69) is 49.5 Å². The highest BCUT2D eigenvalue weighted by Crippen LogP contribution is 2.27. The molecule has 150 valence electrons. The summed E-state index contributed by atoms with van der Waals surface area (Å²) in [4.78, 5) is 14.2. The van der Waals surface area contributed by atoms with Crippen molar-refractivity contribution in [3.8, 4) is 5.75 Å². The number of carbonyl (C=O) groups excluding carboxylic acids is 1. The van der Waals surface area contributed by atoms with Gasteiger partial charge >= 0.3 is 0 Å². The van der Waals surface area contributed by atoms with Crippen LogP contribution in [0, 0.1) is 0 Å². The second-order valence-electron chi connectivity index (χ2n) is 7.43. The minimum Gasteiger partial charge on any atom is -0.483 e. The molecule has 2 aromatic rings. The maximum absolute atomic E-state index is 12.3. The molecule has 1 fully saturated rings. The van der Waals surface area contributed by atoms with E-state index in [9.17, 15) is 4.79 Å². The average molecular weight is 381 g/mol. The zero-order chi connectivity index (χ0) is 19.8. The number of ether oxygens (including phenoxy) is 1. The molecule has 1 saturated heterocycles. The quantitative estimate of drug-likeness (QED) is 0.697. The fraction of sp³-hybridized carbons (Fsp3) is 0.458. The van der Waals surface area contributed by atoms with Crippen molar-refractivity contribution in [2.24, 2.45) is 0 Å². The molecule has 1 aliphatic rings. The Balaban J connectivity index is 1.62. The van der Waals surface area contributed by atoms with Crippen LogP contribution in [0.5, 0.6) is 5.75 Å². The van der Waals surface area contributed by atoms with E-state index >= 15 is 0 Å². The van der Waals surface area contributed by atoms with Crippen molar-refractivity contribution in [3.05, 3.63) is 65.2 Å². The third-order valence-corrected chi connectivity index (χ3v) is 5.50. The Morgan fingerprint density at radius 3 is 2.39 bits per heavy atom. The van der Waals surface area contributed by atoms with E-state index in [4.69, 9.17) is 4.74 Å². The first-order chi connectivity index (χ1) is 13.7. The smallest absolute Gasteiger partial charge is 0.260 e. The Labute approximate surface area is 168 Å². The van der Waals surface area contributed by atoms with Crippen LogP contribution in [-0.2, 0) is 17.8 Å². The number of hydrogen-bond acceptors (Lipinski definition) is 3. The van der Waals surface area contributed by atoms with E-state index in [1.54, 1.807) is 0 Å². The molecule has 1 aliphatic heterocycles. The molecule has 0 radical (unpaired) electrons. The van der Waals surface area contributed by atoms with Gasteiger partial charge in [-0.3, -0.25) is 4.79 Å². The number of para-hydroxylation sites is 1. The number of nitrogens with zero attached hydrogens (tertiary/aromatic N) is 1. The van der Waals surface area contributed by atoms with Crippen molar-refractivity contribution in [1.29, 1.82) is 0 Å². The number of aryl methyl sites for hydroxylation is 1. The van der Waals surface area contributed by atoms with E-state index in [0.717, 1.165) is 56.6 Å². The third kappa shape index (κ3) is 5.35. The fourth-order valence-corrected chi connectivity index (χ4v) is 3.71. The van der Waals surface area contributed by atoms with Gasteiger partial charge in [0.2, 0.25) is 0 Å². The second kappa shape index (κ2) is 10.3. The number of hydrogen-bond donors (Lipinski definition) is 1. The van der Waals surface area contributed by atoms with Gasteiger partial charge in [0.15, 0.2) is 6.61 Å². The standard InChI is InChI=1S/C24H32N2O2/c1-3-19-11-13-20(14-12-19)17-25-22(4-2)21-9-5-6-10-23(21)28-18-24(27)26-15-7-8-16-26/h5-6,9-14,22,25H,3-4,7-8,15-18H2,1-2H3. The third-order valence-electron chi connectivity index (χ3n) is 5.50. The number of rotatable bonds is 9. The molecule has 1 atom stereocenters. The van der Waals surface area contributed by atoms with Crippen LogP contribution in [-0.4, -0.2) is 30.5 Å². The van der Waals surface area contributed by atoms with Gasteiger partial charge in [0.1, 0.15) is 5.75 Å². The topological polar surface area (TPSA) is 41.6 Å². The Morgan fingerprint density at radius 1 is 1.04 bits per heavy atom. The van der Waals surface area contributed by atoms with Gasteiger partial charge in [-0.15, -0.1) is 0 Å². The molecular weight excluding hydrogens is 348 g/mol. The molecule has 0 aromatic heterocycles. The van der Waals surface area contributed by atoms with Crippen LogP contribution in [0.25, 0.3) is 0 Å². The van der Waals surface area contributed by atoms with E-state index in [1.165, 1.54) is 11.1 Å². The van der Waals surface area contributed by atoms with Gasteiger partial charge in [0.25, 0.3) is 5.91 Å². The molecule has 1 N–H and O–H groups in total. The largest absolute Gasteiger partial charge is 0.483 e. The monoisotopic (exact) mass is 380 g/mol. The number of amides is 1. The van der Waals surface area contributed by atoms with Crippen LogP contribution < -0.4 is 10.1 Å². The fourth-order valence-electron chi connectivity index (χ4n) is 3.71. The number of benzene rings is 2. The maximum Gasteiger partial charge on any atom is 0.260 e. The molecule has 2 aromatic carbocycles. The summed E-state index contributed by atoms with van der Waals surface area (Å²) < 4.78 is 5.95. The zero-order valence-corrected chi connectivity index (χ0v) is 17.1. The molecule has 28 heavy (non-hydrogen) atoms. The molecule has 0 aliphatic carbocycles. The predicted octanol–water partition coefficient (Wildman–Crippen LogP) is 4.49. The zero-order valence-electron chi connectivity index (χ0n) is 17.1. The molecule has 0 bridgehead atoms. The molecule has 3 rings (SSSR count). The highest BCUT2D eigenvalue weighted by molar-refractivity contribution is 5.78. The first-order valence-electron chi connectivity index (χ1n) is 10.5. The number of nitrogens with one attached hydrogen (secondary N) is 1. The van der Waals surface area contributed by atoms with Gasteiger partial charge in [-0.2, -0.15) is 0 Å².